The quantitative estimate of drug-likeness (QED) is 0.791. The summed E-state index contributed by atoms with van der Waals surface area (Å²) >= 11 is 1.36. The number of nitrogens with zero attached hydrogens (tertiary/aromatic N) is 1. The topological polar surface area (TPSA) is 75.4 Å². The van der Waals surface area contributed by atoms with Gasteiger partial charge in [0.1, 0.15) is 6.04 Å². The molecule has 112 valence electrons. The molecule has 1 aromatic rings. The Morgan fingerprint density at radius 3 is 3.05 bits per heavy atom. The standard InChI is InChI=1S/C15H19N3O2S/c1-3-11-14(19)17-7-8-18(11)15(20)13-9-10(2)12(21-13)5-4-6-16/h9,11H,3,6-8,16H2,1-2H3,(H,17,19). The number of piperazine rings is 1. The summed E-state index contributed by atoms with van der Waals surface area (Å²) in [7, 11) is 0. The summed E-state index contributed by atoms with van der Waals surface area (Å²) in [6, 6.07) is 1.46. The molecule has 1 saturated heterocycles. The molecular formula is C15H19N3O2S. The molecular weight excluding hydrogens is 286 g/mol. The maximum Gasteiger partial charge on any atom is 0.264 e. The fraction of sp³-hybridized carbons (Fsp3) is 0.467. The number of nitrogens with two attached hydrogens (primary N) is 1. The van der Waals surface area contributed by atoms with Crippen molar-refractivity contribution in [1.82, 2.24) is 10.2 Å². The van der Waals surface area contributed by atoms with Gasteiger partial charge in [-0.05, 0) is 25.0 Å². The molecule has 5 nitrogen and oxygen atoms in total. The first-order chi connectivity index (χ1) is 10.1. The molecule has 1 aromatic heterocycles. The number of aryl methyl sites for hydroxylation is 1. The lowest BCUT2D eigenvalue weighted by Crippen LogP contribution is -2.56. The van der Waals surface area contributed by atoms with E-state index in [1.54, 1.807) is 4.90 Å². The Balaban J connectivity index is 2.25. The van der Waals surface area contributed by atoms with Crippen LogP contribution in [-0.2, 0) is 4.79 Å². The summed E-state index contributed by atoms with van der Waals surface area (Å²) in [4.78, 5) is 27.6. The molecule has 2 heterocycles. The van der Waals surface area contributed by atoms with Crippen LogP contribution in [0.2, 0.25) is 0 Å². The van der Waals surface area contributed by atoms with Crippen LogP contribution < -0.4 is 11.1 Å². The molecule has 1 atom stereocenters. The van der Waals surface area contributed by atoms with Gasteiger partial charge in [-0.2, -0.15) is 0 Å². The average molecular weight is 305 g/mol. The molecule has 0 saturated carbocycles. The van der Waals surface area contributed by atoms with Crippen LogP contribution in [0.25, 0.3) is 0 Å². The molecule has 1 aliphatic heterocycles. The monoisotopic (exact) mass is 305 g/mol. The molecule has 1 unspecified atom stereocenters. The zero-order chi connectivity index (χ0) is 15.4. The van der Waals surface area contributed by atoms with Gasteiger partial charge in [0.05, 0.1) is 16.3 Å². The van der Waals surface area contributed by atoms with Gasteiger partial charge < -0.3 is 16.0 Å². The fourth-order valence-corrected chi connectivity index (χ4v) is 3.35. The third-order valence-corrected chi connectivity index (χ3v) is 4.55. The molecule has 6 heteroatoms. The van der Waals surface area contributed by atoms with E-state index >= 15 is 0 Å². The second-order valence-electron chi connectivity index (χ2n) is 4.84. The predicted molar refractivity (Wildman–Crippen MR) is 83.1 cm³/mol. The lowest BCUT2D eigenvalue weighted by atomic mass is 10.1. The van der Waals surface area contributed by atoms with Crippen LogP contribution in [0.5, 0.6) is 0 Å². The first-order valence-corrected chi connectivity index (χ1v) is 7.78. The number of amides is 2. The van der Waals surface area contributed by atoms with E-state index in [-0.39, 0.29) is 17.9 Å². The Morgan fingerprint density at radius 1 is 1.62 bits per heavy atom. The van der Waals surface area contributed by atoms with Crippen molar-refractivity contribution in [3.63, 3.8) is 0 Å². The lowest BCUT2D eigenvalue weighted by Gasteiger charge is -2.34. The van der Waals surface area contributed by atoms with Crippen LogP contribution in [0, 0.1) is 18.8 Å². The normalized spacial score (nSPS) is 18.0. The summed E-state index contributed by atoms with van der Waals surface area (Å²) < 4.78 is 0. The molecule has 0 spiro atoms. The minimum Gasteiger partial charge on any atom is -0.353 e. The minimum atomic E-state index is -0.382. The highest BCUT2D eigenvalue weighted by molar-refractivity contribution is 7.14. The average Bonchev–Trinajstić information content (AvgIpc) is 2.85. The van der Waals surface area contributed by atoms with Crippen molar-refractivity contribution in [2.45, 2.75) is 26.3 Å². The molecule has 3 N–H and O–H groups in total. The molecule has 21 heavy (non-hydrogen) atoms. The van der Waals surface area contributed by atoms with Crippen molar-refractivity contribution in [1.29, 1.82) is 0 Å². The SMILES string of the molecule is CCC1C(=O)NCCN1C(=O)c1cc(C)c(C#CCN)s1. The molecule has 1 fully saturated rings. The van der Waals surface area contributed by atoms with Gasteiger partial charge in [-0.15, -0.1) is 11.3 Å². The molecule has 0 bridgehead atoms. The zero-order valence-corrected chi connectivity index (χ0v) is 13.0. The maximum atomic E-state index is 12.6. The number of hydrogen-bond acceptors (Lipinski definition) is 4. The van der Waals surface area contributed by atoms with Gasteiger partial charge in [0.25, 0.3) is 5.91 Å². The first-order valence-electron chi connectivity index (χ1n) is 6.96. The van der Waals surface area contributed by atoms with Gasteiger partial charge in [-0.1, -0.05) is 18.8 Å². The highest BCUT2D eigenvalue weighted by atomic mass is 32.1. The smallest absolute Gasteiger partial charge is 0.264 e. The number of nitrogens with one attached hydrogen (secondary N) is 1. The summed E-state index contributed by atoms with van der Waals surface area (Å²) in [6.07, 6.45) is 0.613. The van der Waals surface area contributed by atoms with E-state index in [2.05, 4.69) is 17.2 Å². The highest BCUT2D eigenvalue weighted by Crippen LogP contribution is 2.24. The Bertz CT molecular complexity index is 612. The molecule has 0 radical (unpaired) electrons. The van der Waals surface area contributed by atoms with Crippen LogP contribution in [0.3, 0.4) is 0 Å². The molecule has 2 amide bonds. The largest absolute Gasteiger partial charge is 0.353 e. The van der Waals surface area contributed by atoms with Gasteiger partial charge in [-0.3, -0.25) is 9.59 Å². The van der Waals surface area contributed by atoms with Crippen LogP contribution in [0.4, 0.5) is 0 Å². The maximum absolute atomic E-state index is 12.6. The summed E-state index contributed by atoms with van der Waals surface area (Å²) in [6.45, 7) is 5.18. The predicted octanol–water partition coefficient (Wildman–Crippen LogP) is 0.717. The summed E-state index contributed by atoms with van der Waals surface area (Å²) in [5, 5.41) is 2.80. The first kappa shape index (κ1) is 15.5. The van der Waals surface area contributed by atoms with Crippen molar-refractivity contribution in [2.24, 2.45) is 5.73 Å². The van der Waals surface area contributed by atoms with Crippen molar-refractivity contribution in [3.05, 3.63) is 21.4 Å². The second-order valence-corrected chi connectivity index (χ2v) is 5.89. The summed E-state index contributed by atoms with van der Waals surface area (Å²) in [5.74, 6) is 5.61. The number of carbonyl (C=O) groups is 2. The number of rotatable bonds is 2. The van der Waals surface area contributed by atoms with E-state index in [1.807, 2.05) is 19.9 Å². The van der Waals surface area contributed by atoms with Crippen molar-refractivity contribution in [3.8, 4) is 11.8 Å². The number of carbonyl (C=O) groups excluding carboxylic acids is 2. The van der Waals surface area contributed by atoms with E-state index in [0.717, 1.165) is 10.4 Å². The zero-order valence-electron chi connectivity index (χ0n) is 12.2. The third-order valence-electron chi connectivity index (χ3n) is 3.41. The molecule has 0 aromatic carbocycles. The van der Waals surface area contributed by atoms with Crippen molar-refractivity contribution >= 4 is 23.2 Å². The lowest BCUT2D eigenvalue weighted by molar-refractivity contribution is -0.127. The second kappa shape index (κ2) is 6.74. The van der Waals surface area contributed by atoms with Gasteiger partial charge in [0.15, 0.2) is 0 Å². The van der Waals surface area contributed by atoms with Gasteiger partial charge in [0.2, 0.25) is 5.91 Å². The Morgan fingerprint density at radius 2 is 2.38 bits per heavy atom. The third kappa shape index (κ3) is 3.26. The van der Waals surface area contributed by atoms with E-state index in [9.17, 15) is 9.59 Å². The molecule has 2 rings (SSSR count). The van der Waals surface area contributed by atoms with Gasteiger partial charge >= 0.3 is 0 Å². The van der Waals surface area contributed by atoms with E-state index in [4.69, 9.17) is 5.73 Å². The molecule has 1 aliphatic rings. The van der Waals surface area contributed by atoms with Gasteiger partial charge in [-0.25, -0.2) is 0 Å². The van der Waals surface area contributed by atoms with Crippen LogP contribution in [0.15, 0.2) is 6.07 Å². The minimum absolute atomic E-state index is 0.0754. The number of thiophene rings is 1. The van der Waals surface area contributed by atoms with E-state index < -0.39 is 0 Å². The summed E-state index contributed by atoms with van der Waals surface area (Å²) in [5.41, 5.74) is 6.34. The van der Waals surface area contributed by atoms with E-state index in [0.29, 0.717) is 30.9 Å². The Kier molecular flexibility index (Phi) is 4.99. The van der Waals surface area contributed by atoms with Crippen LogP contribution in [-0.4, -0.2) is 42.4 Å². The van der Waals surface area contributed by atoms with Crippen LogP contribution >= 0.6 is 11.3 Å². The Hall–Kier alpha value is -1.84. The highest BCUT2D eigenvalue weighted by Gasteiger charge is 2.32. The van der Waals surface area contributed by atoms with Crippen molar-refractivity contribution in [2.75, 3.05) is 19.6 Å². The number of hydrogen-bond donors (Lipinski definition) is 2. The molecule has 0 aliphatic carbocycles. The fourth-order valence-electron chi connectivity index (χ4n) is 2.35. The van der Waals surface area contributed by atoms with Crippen LogP contribution in [0.1, 0.15) is 33.5 Å². The van der Waals surface area contributed by atoms with Gasteiger partial charge in [0, 0.05) is 13.1 Å². The van der Waals surface area contributed by atoms with Crippen molar-refractivity contribution < 1.29 is 9.59 Å². The Labute approximate surface area is 128 Å². The van der Waals surface area contributed by atoms with E-state index in [1.165, 1.54) is 11.3 Å².